The molecular weight excluding hydrogens is 312 g/mol. The van der Waals surface area contributed by atoms with Crippen molar-refractivity contribution in [2.45, 2.75) is 52.2 Å². The van der Waals surface area contributed by atoms with E-state index in [0.29, 0.717) is 12.8 Å². The number of hydrogen-bond donors (Lipinski definition) is 0. The Balaban J connectivity index is 2.16. The van der Waals surface area contributed by atoms with Crippen molar-refractivity contribution >= 4 is 17.7 Å². The van der Waals surface area contributed by atoms with Crippen molar-refractivity contribution in [1.29, 1.82) is 0 Å². The minimum Gasteiger partial charge on any atom is -0.443 e. The highest BCUT2D eigenvalue weighted by Gasteiger charge is 2.42. The number of ether oxygens (including phenoxy) is 1. The van der Waals surface area contributed by atoms with Gasteiger partial charge in [-0.3, -0.25) is 14.9 Å². The molecule has 1 aliphatic heterocycles. The van der Waals surface area contributed by atoms with E-state index in [1.165, 1.54) is 17.0 Å². The Labute approximate surface area is 140 Å². The number of hydrogen-bond acceptors (Lipinski definition) is 5. The van der Waals surface area contributed by atoms with Crippen molar-refractivity contribution in [3.63, 3.8) is 0 Å². The van der Waals surface area contributed by atoms with Crippen LogP contribution in [0.4, 0.5) is 10.5 Å². The molecule has 2 amide bonds. The van der Waals surface area contributed by atoms with Crippen LogP contribution in [0.3, 0.4) is 0 Å². The Bertz CT molecular complexity index is 648. The summed E-state index contributed by atoms with van der Waals surface area (Å²) in [7, 11) is 0. The summed E-state index contributed by atoms with van der Waals surface area (Å²) in [4.78, 5) is 36.1. The molecule has 2 unspecified atom stereocenters. The Morgan fingerprint density at radius 1 is 1.33 bits per heavy atom. The Morgan fingerprint density at radius 2 is 1.92 bits per heavy atom. The number of carbonyl (C=O) groups is 2. The lowest BCUT2D eigenvalue weighted by Gasteiger charge is -2.27. The molecule has 0 aromatic heterocycles. The summed E-state index contributed by atoms with van der Waals surface area (Å²) >= 11 is 0. The van der Waals surface area contributed by atoms with Gasteiger partial charge in [0.1, 0.15) is 5.60 Å². The van der Waals surface area contributed by atoms with E-state index in [1.54, 1.807) is 39.8 Å². The van der Waals surface area contributed by atoms with Crippen LogP contribution in [0.1, 0.15) is 39.7 Å². The van der Waals surface area contributed by atoms with Gasteiger partial charge in [0.2, 0.25) is 5.91 Å². The van der Waals surface area contributed by atoms with E-state index >= 15 is 0 Å². The number of imide groups is 1. The molecule has 1 heterocycles. The second-order valence-electron chi connectivity index (χ2n) is 7.11. The van der Waals surface area contributed by atoms with Gasteiger partial charge in [0.25, 0.3) is 5.69 Å². The first-order valence-corrected chi connectivity index (χ1v) is 7.88. The molecule has 130 valence electrons. The fourth-order valence-electron chi connectivity index (χ4n) is 2.78. The lowest BCUT2D eigenvalue weighted by Crippen LogP contribution is -2.43. The van der Waals surface area contributed by atoms with E-state index in [0.717, 1.165) is 5.56 Å². The minimum absolute atomic E-state index is 0.0126. The molecule has 7 heteroatoms. The second kappa shape index (κ2) is 6.59. The van der Waals surface area contributed by atoms with Crippen LogP contribution in [0.25, 0.3) is 0 Å². The summed E-state index contributed by atoms with van der Waals surface area (Å²) in [6, 6.07) is 5.85. The number of nitro benzene ring substituents is 1. The van der Waals surface area contributed by atoms with E-state index in [9.17, 15) is 19.7 Å². The van der Waals surface area contributed by atoms with Gasteiger partial charge < -0.3 is 4.74 Å². The standard InChI is InChI=1S/C17H22N2O5/c1-11-9-14(10-12-5-7-13(8-6-12)19(22)23)18(15(11)20)16(21)24-17(2,3)4/h5-8,11,14H,9-10H2,1-4H3. The number of non-ortho nitro benzene ring substituents is 1. The molecule has 24 heavy (non-hydrogen) atoms. The number of likely N-dealkylation sites (tertiary alicyclic amines) is 1. The van der Waals surface area contributed by atoms with Gasteiger partial charge in [-0.2, -0.15) is 0 Å². The van der Waals surface area contributed by atoms with Gasteiger partial charge >= 0.3 is 6.09 Å². The molecule has 1 aliphatic rings. The van der Waals surface area contributed by atoms with Crippen molar-refractivity contribution in [3.8, 4) is 0 Å². The summed E-state index contributed by atoms with van der Waals surface area (Å²) in [6.07, 6.45) is 0.367. The molecule has 0 bridgehead atoms. The zero-order chi connectivity index (χ0) is 18.1. The average molecular weight is 334 g/mol. The van der Waals surface area contributed by atoms with Crippen molar-refractivity contribution in [1.82, 2.24) is 4.90 Å². The number of nitro groups is 1. The van der Waals surface area contributed by atoms with Gasteiger partial charge in [-0.25, -0.2) is 9.69 Å². The predicted octanol–water partition coefficient (Wildman–Crippen LogP) is 3.31. The summed E-state index contributed by atoms with van der Waals surface area (Å²) in [6.45, 7) is 7.04. The molecule has 0 aliphatic carbocycles. The maximum atomic E-state index is 12.4. The molecule has 0 spiro atoms. The SMILES string of the molecule is CC1CC(Cc2ccc([N+](=O)[O-])cc2)N(C(=O)OC(C)(C)C)C1=O. The number of benzene rings is 1. The molecule has 0 N–H and O–H groups in total. The van der Waals surface area contributed by atoms with Crippen LogP contribution < -0.4 is 0 Å². The number of nitrogens with zero attached hydrogens (tertiary/aromatic N) is 2. The minimum atomic E-state index is -0.679. The smallest absolute Gasteiger partial charge is 0.417 e. The number of amides is 2. The monoisotopic (exact) mass is 334 g/mol. The van der Waals surface area contributed by atoms with Crippen LogP contribution in [-0.4, -0.2) is 33.5 Å². The lowest BCUT2D eigenvalue weighted by molar-refractivity contribution is -0.384. The third-order valence-electron chi connectivity index (χ3n) is 3.86. The largest absolute Gasteiger partial charge is 0.443 e. The van der Waals surface area contributed by atoms with Crippen LogP contribution >= 0.6 is 0 Å². The molecule has 7 nitrogen and oxygen atoms in total. The third-order valence-corrected chi connectivity index (χ3v) is 3.86. The Kier molecular flexibility index (Phi) is 4.91. The highest BCUT2D eigenvalue weighted by atomic mass is 16.6. The van der Waals surface area contributed by atoms with E-state index in [4.69, 9.17) is 4.74 Å². The zero-order valence-electron chi connectivity index (χ0n) is 14.3. The third kappa shape index (κ3) is 4.10. The average Bonchev–Trinajstić information content (AvgIpc) is 2.72. The quantitative estimate of drug-likeness (QED) is 0.625. The van der Waals surface area contributed by atoms with E-state index in [2.05, 4.69) is 0 Å². The first kappa shape index (κ1) is 17.9. The molecule has 1 fully saturated rings. The van der Waals surface area contributed by atoms with Gasteiger partial charge in [0.05, 0.1) is 4.92 Å². The van der Waals surface area contributed by atoms with Crippen molar-refractivity contribution in [2.75, 3.05) is 0 Å². The molecular formula is C17H22N2O5. The van der Waals surface area contributed by atoms with Crippen LogP contribution in [0.2, 0.25) is 0 Å². The van der Waals surface area contributed by atoms with Crippen LogP contribution in [0.15, 0.2) is 24.3 Å². The Hall–Kier alpha value is -2.44. The highest BCUT2D eigenvalue weighted by molar-refractivity contribution is 5.95. The van der Waals surface area contributed by atoms with Crippen LogP contribution in [0.5, 0.6) is 0 Å². The molecule has 1 aromatic rings. The fraction of sp³-hybridized carbons (Fsp3) is 0.529. The molecule has 0 saturated carbocycles. The normalized spacial score (nSPS) is 21.0. The summed E-state index contributed by atoms with van der Waals surface area (Å²) < 4.78 is 5.34. The zero-order valence-corrected chi connectivity index (χ0v) is 14.3. The predicted molar refractivity (Wildman–Crippen MR) is 87.4 cm³/mol. The van der Waals surface area contributed by atoms with Crippen LogP contribution in [-0.2, 0) is 16.0 Å². The first-order chi connectivity index (χ1) is 11.1. The fourth-order valence-corrected chi connectivity index (χ4v) is 2.78. The van der Waals surface area contributed by atoms with Gasteiger partial charge in [0, 0.05) is 24.1 Å². The summed E-state index contributed by atoms with van der Waals surface area (Å²) in [5.74, 6) is -0.489. The number of carbonyl (C=O) groups excluding carboxylic acids is 2. The highest BCUT2D eigenvalue weighted by Crippen LogP contribution is 2.29. The van der Waals surface area contributed by atoms with Crippen LogP contribution in [0, 0.1) is 16.0 Å². The lowest BCUT2D eigenvalue weighted by atomic mass is 10.0. The van der Waals surface area contributed by atoms with Crippen molar-refractivity contribution in [3.05, 3.63) is 39.9 Å². The topological polar surface area (TPSA) is 89.8 Å². The second-order valence-corrected chi connectivity index (χ2v) is 7.11. The first-order valence-electron chi connectivity index (χ1n) is 7.88. The molecule has 2 atom stereocenters. The summed E-state index contributed by atoms with van der Waals surface area (Å²) in [5.41, 5.74) is 0.167. The van der Waals surface area contributed by atoms with E-state index in [1.807, 2.05) is 0 Å². The molecule has 0 radical (unpaired) electrons. The van der Waals surface area contributed by atoms with Gasteiger partial charge in [0.15, 0.2) is 0 Å². The van der Waals surface area contributed by atoms with Gasteiger partial charge in [-0.05, 0) is 39.2 Å². The Morgan fingerprint density at radius 3 is 2.42 bits per heavy atom. The van der Waals surface area contributed by atoms with Crippen molar-refractivity contribution < 1.29 is 19.2 Å². The van der Waals surface area contributed by atoms with Crippen molar-refractivity contribution in [2.24, 2.45) is 5.92 Å². The molecule has 2 rings (SSSR count). The molecule has 1 aromatic carbocycles. The van der Waals surface area contributed by atoms with Gasteiger partial charge in [-0.15, -0.1) is 0 Å². The number of rotatable bonds is 3. The van der Waals surface area contributed by atoms with E-state index in [-0.39, 0.29) is 23.6 Å². The summed E-state index contributed by atoms with van der Waals surface area (Å²) in [5, 5.41) is 10.7. The van der Waals surface area contributed by atoms with E-state index < -0.39 is 16.6 Å². The maximum absolute atomic E-state index is 12.4. The van der Waals surface area contributed by atoms with Gasteiger partial charge in [-0.1, -0.05) is 19.1 Å². The molecule has 1 saturated heterocycles. The maximum Gasteiger partial charge on any atom is 0.417 e.